The van der Waals surface area contributed by atoms with Gasteiger partial charge in [-0.05, 0) is 124 Å². The van der Waals surface area contributed by atoms with E-state index in [-0.39, 0.29) is 58.6 Å². The molecule has 0 saturated carbocycles. The smallest absolute Gasteiger partial charge is 0.348 e. The second-order valence-electron chi connectivity index (χ2n) is 18.9. The van der Waals surface area contributed by atoms with Crippen molar-refractivity contribution in [1.29, 1.82) is 0 Å². The number of rotatable bonds is 22. The number of esters is 1. The van der Waals surface area contributed by atoms with E-state index in [2.05, 4.69) is 21.5 Å². The van der Waals surface area contributed by atoms with E-state index < -0.39 is 46.3 Å². The molecule has 0 unspecified atom stereocenters. The van der Waals surface area contributed by atoms with E-state index in [9.17, 15) is 22.7 Å². The number of aryl methyl sites for hydroxylation is 1. The fourth-order valence-electron chi connectivity index (χ4n) is 8.29. The first-order valence-corrected chi connectivity index (χ1v) is 27.4. The minimum atomic E-state index is -4.22. The van der Waals surface area contributed by atoms with Gasteiger partial charge in [0.2, 0.25) is 12.0 Å². The molecule has 8 rings (SSSR count). The third kappa shape index (κ3) is 13.4. The van der Waals surface area contributed by atoms with Crippen LogP contribution >= 0.6 is 34.5 Å². The van der Waals surface area contributed by atoms with Gasteiger partial charge in [-0.3, -0.25) is 4.18 Å². The topological polar surface area (TPSA) is 188 Å². The lowest BCUT2D eigenvalue weighted by Gasteiger charge is -2.25. The number of phenolic OH excluding ortho intramolecular Hbond substituents is 1. The first kappa shape index (κ1) is 57.0. The minimum Gasteiger partial charge on any atom is -0.508 e. The van der Waals surface area contributed by atoms with Crippen LogP contribution in [0.2, 0.25) is 10.0 Å². The van der Waals surface area contributed by atoms with Crippen LogP contribution in [0.4, 0.5) is 4.39 Å². The number of carbonyl (C=O) groups excluding carboxylic acids is 1. The number of para-hydroxylation sites is 1. The van der Waals surface area contributed by atoms with E-state index >= 15 is 0 Å². The Balaban J connectivity index is 1.19. The number of phenols is 1. The monoisotopic (exact) mass is 1140 g/mol. The van der Waals surface area contributed by atoms with Crippen LogP contribution in [-0.4, -0.2) is 84.2 Å². The maximum Gasteiger partial charge on any atom is 0.348 e. The summed E-state index contributed by atoms with van der Waals surface area (Å²) in [6.07, 6.45) is 1.82. The van der Waals surface area contributed by atoms with Crippen LogP contribution in [0.15, 0.2) is 127 Å². The molecule has 0 aliphatic rings. The Hall–Kier alpha value is -7.19. The molecule has 3 aromatic heterocycles. The van der Waals surface area contributed by atoms with Gasteiger partial charge in [-0.2, -0.15) is 8.42 Å². The predicted molar refractivity (Wildman–Crippen MR) is 298 cm³/mol. The number of hydrogen-bond acceptors (Lipinski definition) is 16. The van der Waals surface area contributed by atoms with Crippen molar-refractivity contribution in [2.24, 2.45) is 0 Å². The molecule has 406 valence electrons. The highest BCUT2D eigenvalue weighted by atomic mass is 35.5. The molecule has 0 aliphatic heterocycles. The normalized spacial score (nSPS) is 12.5. The molecule has 0 aliphatic carbocycles. The van der Waals surface area contributed by atoms with Gasteiger partial charge in [-0.15, -0.1) is 17.9 Å². The summed E-state index contributed by atoms with van der Waals surface area (Å²) in [5.74, 6) is 0.0335. The van der Waals surface area contributed by atoms with Crippen molar-refractivity contribution in [2.75, 3.05) is 26.9 Å². The number of carbonyl (C=O) groups is 1. The largest absolute Gasteiger partial charge is 0.508 e. The molecule has 78 heavy (non-hydrogen) atoms. The SMILES string of the molecule is C=CCOC[C@H](COS(=O)(=O)c1ccc(C)cc1)Oc1c(Cl)c(C)c(-c2c(-c3ccc(F)cc3)sc3ncnc(O[C@H](Cc4cc(O)ccc4OCc4ccnc(-c5ccccc5OC)n4)C(=O)OC(C)(C)C)c23)c(C)c1Cl. The van der Waals surface area contributed by atoms with E-state index in [1.54, 1.807) is 84.3 Å². The van der Waals surface area contributed by atoms with Gasteiger partial charge < -0.3 is 33.5 Å². The highest BCUT2D eigenvalue weighted by molar-refractivity contribution is 7.86. The van der Waals surface area contributed by atoms with Crippen LogP contribution in [0.3, 0.4) is 0 Å². The summed E-state index contributed by atoms with van der Waals surface area (Å²) >= 11 is 15.8. The third-order valence-corrected chi connectivity index (χ3v) is 15.3. The van der Waals surface area contributed by atoms with Gasteiger partial charge >= 0.3 is 5.97 Å². The van der Waals surface area contributed by atoms with E-state index in [4.69, 9.17) is 60.8 Å². The van der Waals surface area contributed by atoms with Gasteiger partial charge in [0.15, 0.2) is 11.6 Å². The molecule has 0 spiro atoms. The number of methoxy groups -OCH3 is 1. The molecule has 0 amide bonds. The molecule has 3 heterocycles. The highest BCUT2D eigenvalue weighted by Crippen LogP contribution is 2.53. The van der Waals surface area contributed by atoms with Crippen LogP contribution in [0.5, 0.6) is 28.9 Å². The summed E-state index contributed by atoms with van der Waals surface area (Å²) in [7, 11) is -2.65. The number of thiophene rings is 1. The Morgan fingerprint density at radius 3 is 2.28 bits per heavy atom. The molecule has 0 radical (unpaired) electrons. The van der Waals surface area contributed by atoms with Crippen molar-refractivity contribution < 1.29 is 55.3 Å². The third-order valence-electron chi connectivity index (χ3n) is 12.0. The molecule has 2 atom stereocenters. The fourth-order valence-corrected chi connectivity index (χ4v) is 10.9. The number of hydrogen-bond donors (Lipinski definition) is 1. The van der Waals surface area contributed by atoms with Crippen molar-refractivity contribution >= 4 is 60.8 Å². The Morgan fingerprint density at radius 1 is 0.872 bits per heavy atom. The molecule has 20 heteroatoms. The molecule has 15 nitrogen and oxygen atoms in total. The Bertz CT molecular complexity index is 3570. The van der Waals surface area contributed by atoms with Crippen molar-refractivity contribution in [3.05, 3.63) is 166 Å². The lowest BCUT2D eigenvalue weighted by atomic mass is 9.92. The van der Waals surface area contributed by atoms with Gasteiger partial charge in [0.05, 0.1) is 51.9 Å². The van der Waals surface area contributed by atoms with Crippen molar-refractivity contribution in [1.82, 2.24) is 19.9 Å². The highest BCUT2D eigenvalue weighted by Gasteiger charge is 2.33. The van der Waals surface area contributed by atoms with Crippen LogP contribution in [0, 0.1) is 26.6 Å². The number of fused-ring (bicyclic) bond motifs is 1. The Morgan fingerprint density at radius 2 is 1.59 bits per heavy atom. The van der Waals surface area contributed by atoms with Crippen LogP contribution in [0.1, 0.15) is 48.7 Å². The molecular weight excluding hydrogens is 1080 g/mol. The zero-order valence-corrected chi connectivity index (χ0v) is 46.8. The van der Waals surface area contributed by atoms with Crippen molar-refractivity contribution in [3.8, 4) is 61.8 Å². The number of aromatic hydroxyl groups is 1. The molecule has 0 saturated heterocycles. The second-order valence-corrected chi connectivity index (χ2v) is 22.2. The summed E-state index contributed by atoms with van der Waals surface area (Å²) in [6, 6.07) is 25.7. The standard InChI is InChI=1S/C58H55Cl2FN4O11S2/c1-9-26-71-30-41(31-73-78(68,69)42-21-14-33(2)15-22-42)74-52-50(59)34(3)47(35(4)51(52)60)48-49-55(63-32-64-56(49)77-53(48)36-16-18-38(61)19-17-36)75-46(57(67)76-58(5,6)7)28-37-27-40(66)20-23-44(37)72-29-39-24-25-62-54(65-39)43-12-10-11-13-45(43)70-8/h9-25,27,32,41,46,66H,1,26,28-31H2,2-8H3/t41-,46-/m1/s1. The van der Waals surface area contributed by atoms with Gasteiger partial charge in [-0.25, -0.2) is 29.1 Å². The number of halogens is 3. The summed E-state index contributed by atoms with van der Waals surface area (Å²) < 4.78 is 83.4. The van der Waals surface area contributed by atoms with E-state index in [0.717, 1.165) is 5.56 Å². The number of aromatic nitrogens is 4. The second kappa shape index (κ2) is 24.6. The first-order chi connectivity index (χ1) is 37.2. The van der Waals surface area contributed by atoms with E-state index in [0.29, 0.717) is 77.1 Å². The Labute approximate surface area is 465 Å². The van der Waals surface area contributed by atoms with Crippen molar-refractivity contribution in [2.45, 2.75) is 77.3 Å². The van der Waals surface area contributed by atoms with Gasteiger partial charge in [0.1, 0.15) is 59.1 Å². The Kier molecular flexibility index (Phi) is 18.0. The average Bonchev–Trinajstić information content (AvgIpc) is 4.04. The van der Waals surface area contributed by atoms with Gasteiger partial charge in [0, 0.05) is 28.6 Å². The summed E-state index contributed by atoms with van der Waals surface area (Å²) in [5.41, 5.74) is 4.06. The molecule has 0 fully saturated rings. The van der Waals surface area contributed by atoms with Gasteiger partial charge in [0.25, 0.3) is 10.1 Å². The quantitative estimate of drug-likeness (QED) is 0.0292. The predicted octanol–water partition coefficient (Wildman–Crippen LogP) is 12.8. The van der Waals surface area contributed by atoms with Crippen LogP contribution in [-0.2, 0) is 41.6 Å². The van der Waals surface area contributed by atoms with E-state index in [1.165, 1.54) is 60.1 Å². The fraction of sp³-hybridized carbons (Fsp3) is 0.259. The van der Waals surface area contributed by atoms with E-state index in [1.807, 2.05) is 31.2 Å². The van der Waals surface area contributed by atoms with Crippen LogP contribution in [0.25, 0.3) is 43.2 Å². The lowest BCUT2D eigenvalue weighted by molar-refractivity contribution is -0.163. The summed E-state index contributed by atoms with van der Waals surface area (Å²) in [4.78, 5) is 33.9. The zero-order valence-electron chi connectivity index (χ0n) is 43.6. The summed E-state index contributed by atoms with van der Waals surface area (Å²) in [6.45, 7) is 13.7. The van der Waals surface area contributed by atoms with Gasteiger partial charge in [-0.1, -0.05) is 71.2 Å². The average molecular weight is 1140 g/mol. The van der Waals surface area contributed by atoms with Crippen LogP contribution < -0.4 is 18.9 Å². The molecule has 8 aromatic rings. The maximum absolute atomic E-state index is 14.6. The zero-order chi connectivity index (χ0) is 55.9. The number of benzene rings is 5. The molecular formula is C58H55Cl2FN4O11S2. The summed E-state index contributed by atoms with van der Waals surface area (Å²) in [5, 5.41) is 11.4. The molecule has 1 N–H and O–H groups in total. The number of nitrogens with zero attached hydrogens (tertiary/aromatic N) is 4. The minimum absolute atomic E-state index is 0.0154. The molecule has 0 bridgehead atoms. The maximum atomic E-state index is 14.6. The molecule has 5 aromatic carbocycles. The lowest BCUT2D eigenvalue weighted by Crippen LogP contribution is -2.37. The number of ether oxygens (including phenoxy) is 6. The first-order valence-electron chi connectivity index (χ1n) is 24.4. The van der Waals surface area contributed by atoms with Crippen molar-refractivity contribution in [3.63, 3.8) is 0 Å².